The number of alkyl halides is 1. The van der Waals surface area contributed by atoms with E-state index in [1.165, 1.54) is 0 Å². The van der Waals surface area contributed by atoms with Gasteiger partial charge in [0.1, 0.15) is 0 Å². The van der Waals surface area contributed by atoms with Crippen LogP contribution in [0.2, 0.25) is 0 Å². The Morgan fingerprint density at radius 1 is 1.44 bits per heavy atom. The highest BCUT2D eigenvalue weighted by molar-refractivity contribution is 7.89. The molecule has 0 saturated heterocycles. The monoisotopic (exact) mass is 264 g/mol. The van der Waals surface area contributed by atoms with E-state index in [4.69, 9.17) is 11.6 Å². The normalized spacial score (nSPS) is 11.9. The number of nitrogens with zero attached hydrogens (tertiary/aromatic N) is 1. The fraction of sp³-hybridized carbons (Fsp3) is 0.600. The maximum atomic E-state index is 11.8. The summed E-state index contributed by atoms with van der Waals surface area (Å²) in [5, 5.41) is 0. The third-order valence-electron chi connectivity index (χ3n) is 2.29. The third-order valence-corrected chi connectivity index (χ3v) is 3.99. The molecule has 0 amide bonds. The van der Waals surface area contributed by atoms with E-state index >= 15 is 0 Å². The highest BCUT2D eigenvalue weighted by Crippen LogP contribution is 2.16. The SMILES string of the molecule is CCCNS(=O)(=O)c1cc(CCl)n(CC)c1. The minimum absolute atomic E-state index is 0.290. The van der Waals surface area contributed by atoms with Crippen molar-refractivity contribution in [3.05, 3.63) is 18.0 Å². The van der Waals surface area contributed by atoms with Gasteiger partial charge >= 0.3 is 0 Å². The summed E-state index contributed by atoms with van der Waals surface area (Å²) in [4.78, 5) is 0.290. The molecule has 0 radical (unpaired) electrons. The molecule has 16 heavy (non-hydrogen) atoms. The van der Waals surface area contributed by atoms with E-state index in [1.807, 2.05) is 18.4 Å². The number of sulfonamides is 1. The summed E-state index contributed by atoms with van der Waals surface area (Å²) < 4.78 is 28.0. The van der Waals surface area contributed by atoms with Crippen LogP contribution in [0.25, 0.3) is 0 Å². The molecular formula is C10H17ClN2O2S. The first-order valence-electron chi connectivity index (χ1n) is 5.29. The smallest absolute Gasteiger partial charge is 0.242 e. The van der Waals surface area contributed by atoms with Gasteiger partial charge in [0.05, 0.1) is 10.8 Å². The summed E-state index contributed by atoms with van der Waals surface area (Å²) in [6.45, 7) is 5.04. The Morgan fingerprint density at radius 3 is 2.56 bits per heavy atom. The van der Waals surface area contributed by atoms with Crippen LogP contribution in [0.15, 0.2) is 17.2 Å². The van der Waals surface area contributed by atoms with Crippen LogP contribution in [0.4, 0.5) is 0 Å². The van der Waals surface area contributed by atoms with Gasteiger partial charge in [-0.1, -0.05) is 6.92 Å². The van der Waals surface area contributed by atoms with Crippen LogP contribution in [0.5, 0.6) is 0 Å². The molecular weight excluding hydrogens is 248 g/mol. The van der Waals surface area contributed by atoms with Crippen molar-refractivity contribution >= 4 is 21.6 Å². The van der Waals surface area contributed by atoms with Crippen LogP contribution in [0, 0.1) is 0 Å². The number of hydrogen-bond acceptors (Lipinski definition) is 2. The van der Waals surface area contributed by atoms with Gasteiger partial charge in [0, 0.05) is 25.0 Å². The lowest BCUT2D eigenvalue weighted by Crippen LogP contribution is -2.23. The summed E-state index contributed by atoms with van der Waals surface area (Å²) in [5.74, 6) is 0.317. The molecule has 0 spiro atoms. The first kappa shape index (κ1) is 13.5. The molecule has 0 atom stereocenters. The Hall–Kier alpha value is -0.520. The van der Waals surface area contributed by atoms with Crippen LogP contribution in [0.1, 0.15) is 26.0 Å². The van der Waals surface area contributed by atoms with Crippen molar-refractivity contribution in [3.8, 4) is 0 Å². The number of rotatable bonds is 6. The quantitative estimate of drug-likeness (QED) is 0.799. The lowest BCUT2D eigenvalue weighted by Gasteiger charge is -2.02. The van der Waals surface area contributed by atoms with Gasteiger partial charge in [0.2, 0.25) is 10.0 Å². The molecule has 1 aromatic rings. The summed E-state index contributed by atoms with van der Waals surface area (Å²) in [7, 11) is -3.37. The average molecular weight is 265 g/mol. The second-order valence-electron chi connectivity index (χ2n) is 3.48. The van der Waals surface area contributed by atoms with E-state index in [0.29, 0.717) is 23.9 Å². The number of nitrogens with one attached hydrogen (secondary N) is 1. The fourth-order valence-corrected chi connectivity index (χ4v) is 2.82. The van der Waals surface area contributed by atoms with E-state index in [1.54, 1.807) is 12.3 Å². The Labute approximate surface area is 102 Å². The molecule has 1 heterocycles. The fourth-order valence-electron chi connectivity index (χ4n) is 1.40. The van der Waals surface area contributed by atoms with Crippen molar-refractivity contribution in [3.63, 3.8) is 0 Å². The molecule has 1 N–H and O–H groups in total. The largest absolute Gasteiger partial charge is 0.349 e. The number of halogens is 1. The predicted octanol–water partition coefficient (Wildman–Crippen LogP) is 1.94. The molecule has 6 heteroatoms. The highest BCUT2D eigenvalue weighted by atomic mass is 35.5. The Bertz CT molecular complexity index is 418. The number of hydrogen-bond donors (Lipinski definition) is 1. The topological polar surface area (TPSA) is 51.1 Å². The second kappa shape index (κ2) is 5.70. The molecule has 0 unspecified atom stereocenters. The van der Waals surface area contributed by atoms with E-state index in [-0.39, 0.29) is 0 Å². The molecule has 1 aromatic heterocycles. The Kier molecular flexibility index (Phi) is 4.83. The third kappa shape index (κ3) is 2.99. The molecule has 0 saturated carbocycles. The van der Waals surface area contributed by atoms with Gasteiger partial charge in [-0.05, 0) is 19.4 Å². The van der Waals surface area contributed by atoms with Crippen LogP contribution < -0.4 is 4.72 Å². The molecule has 0 fully saturated rings. The van der Waals surface area contributed by atoms with Gasteiger partial charge < -0.3 is 4.57 Å². The molecule has 0 aliphatic carbocycles. The number of aromatic nitrogens is 1. The lowest BCUT2D eigenvalue weighted by molar-refractivity contribution is 0.580. The van der Waals surface area contributed by atoms with Gasteiger partial charge in [-0.2, -0.15) is 0 Å². The molecule has 4 nitrogen and oxygen atoms in total. The van der Waals surface area contributed by atoms with Crippen molar-refractivity contribution in [2.45, 2.75) is 37.6 Å². The van der Waals surface area contributed by atoms with Gasteiger partial charge in [-0.3, -0.25) is 0 Å². The van der Waals surface area contributed by atoms with Crippen LogP contribution in [-0.4, -0.2) is 19.5 Å². The van der Waals surface area contributed by atoms with Crippen molar-refractivity contribution in [1.29, 1.82) is 0 Å². The maximum absolute atomic E-state index is 11.8. The Balaban J connectivity index is 2.99. The summed E-state index contributed by atoms with van der Waals surface area (Å²) in [5.41, 5.74) is 0.820. The molecule has 0 aliphatic heterocycles. The maximum Gasteiger partial charge on any atom is 0.242 e. The van der Waals surface area contributed by atoms with Crippen LogP contribution in [0.3, 0.4) is 0 Å². The second-order valence-corrected chi connectivity index (χ2v) is 5.52. The minimum Gasteiger partial charge on any atom is -0.349 e. The molecule has 1 rings (SSSR count). The highest BCUT2D eigenvalue weighted by Gasteiger charge is 2.16. The standard InChI is InChI=1S/C10H17ClN2O2S/c1-3-5-12-16(14,15)10-6-9(7-11)13(4-2)8-10/h6,8,12H,3-5,7H2,1-2H3. The van der Waals surface area contributed by atoms with E-state index in [2.05, 4.69) is 4.72 Å². The van der Waals surface area contributed by atoms with Gasteiger partial charge in [-0.25, -0.2) is 13.1 Å². The molecule has 0 aromatic carbocycles. The lowest BCUT2D eigenvalue weighted by atomic mass is 10.5. The summed E-state index contributed by atoms with van der Waals surface area (Å²) in [6.07, 6.45) is 2.39. The number of aryl methyl sites for hydroxylation is 1. The molecule has 92 valence electrons. The van der Waals surface area contributed by atoms with Crippen molar-refractivity contribution < 1.29 is 8.42 Å². The van der Waals surface area contributed by atoms with E-state index < -0.39 is 10.0 Å². The zero-order valence-corrected chi connectivity index (χ0v) is 11.1. The first-order valence-corrected chi connectivity index (χ1v) is 7.31. The summed E-state index contributed by atoms with van der Waals surface area (Å²) in [6, 6.07) is 1.62. The molecule has 0 aliphatic rings. The predicted molar refractivity (Wildman–Crippen MR) is 65.1 cm³/mol. The first-order chi connectivity index (χ1) is 7.55. The zero-order valence-electron chi connectivity index (χ0n) is 9.53. The van der Waals surface area contributed by atoms with Crippen molar-refractivity contribution in [1.82, 2.24) is 9.29 Å². The van der Waals surface area contributed by atoms with E-state index in [0.717, 1.165) is 12.1 Å². The minimum atomic E-state index is -3.37. The molecule has 0 bridgehead atoms. The van der Waals surface area contributed by atoms with Gasteiger partial charge in [0.25, 0.3) is 0 Å². The summed E-state index contributed by atoms with van der Waals surface area (Å²) >= 11 is 5.74. The van der Waals surface area contributed by atoms with Crippen LogP contribution in [-0.2, 0) is 22.4 Å². The zero-order chi connectivity index (χ0) is 12.2. The van der Waals surface area contributed by atoms with Gasteiger partial charge in [-0.15, -0.1) is 11.6 Å². The average Bonchev–Trinajstić information content (AvgIpc) is 2.70. The van der Waals surface area contributed by atoms with Crippen LogP contribution >= 0.6 is 11.6 Å². The Morgan fingerprint density at radius 2 is 2.12 bits per heavy atom. The van der Waals surface area contributed by atoms with Gasteiger partial charge in [0.15, 0.2) is 0 Å². The van der Waals surface area contributed by atoms with Crippen molar-refractivity contribution in [2.75, 3.05) is 6.54 Å². The van der Waals surface area contributed by atoms with Crippen molar-refractivity contribution in [2.24, 2.45) is 0 Å². The van der Waals surface area contributed by atoms with E-state index in [9.17, 15) is 8.42 Å².